The Morgan fingerprint density at radius 3 is 2.27 bits per heavy atom. The van der Waals surface area contributed by atoms with Crippen molar-refractivity contribution in [1.82, 2.24) is 9.97 Å². The number of hydrogen-bond donors (Lipinski definition) is 0. The molecule has 0 unspecified atom stereocenters. The Balaban J connectivity index is 2.76. The van der Waals surface area contributed by atoms with E-state index in [4.69, 9.17) is 9.97 Å². The van der Waals surface area contributed by atoms with Crippen LogP contribution >= 0.6 is 0 Å². The molecule has 0 amide bonds. The summed E-state index contributed by atoms with van der Waals surface area (Å²) in [7, 11) is 0. The van der Waals surface area contributed by atoms with Crippen LogP contribution in [0.25, 0.3) is 17.5 Å². The van der Waals surface area contributed by atoms with Gasteiger partial charge < -0.3 is 0 Å². The Labute approximate surface area is 134 Å². The molecule has 22 heavy (non-hydrogen) atoms. The van der Waals surface area contributed by atoms with Crippen LogP contribution in [0.1, 0.15) is 60.3 Å². The lowest BCUT2D eigenvalue weighted by Crippen LogP contribution is -2.05. The van der Waals surface area contributed by atoms with E-state index in [1.54, 1.807) is 0 Å². The summed E-state index contributed by atoms with van der Waals surface area (Å²) in [5.74, 6) is 1.24. The zero-order chi connectivity index (χ0) is 16.4. The fraction of sp³-hybridized carbons (Fsp3) is 0.400. The van der Waals surface area contributed by atoms with Crippen molar-refractivity contribution in [2.24, 2.45) is 0 Å². The maximum absolute atomic E-state index is 4.88. The van der Waals surface area contributed by atoms with Gasteiger partial charge in [0.25, 0.3) is 0 Å². The van der Waals surface area contributed by atoms with Crippen molar-refractivity contribution in [3.05, 3.63) is 51.9 Å². The molecule has 1 aromatic carbocycles. The molecular weight excluding hydrogens is 268 g/mol. The molecule has 0 spiro atoms. The van der Waals surface area contributed by atoms with Crippen LogP contribution in [0.2, 0.25) is 0 Å². The van der Waals surface area contributed by atoms with Gasteiger partial charge in [-0.1, -0.05) is 37.6 Å². The third-order valence-electron chi connectivity index (χ3n) is 4.08. The number of allylic oxidation sites excluding steroid dienone is 1. The summed E-state index contributed by atoms with van der Waals surface area (Å²) in [6.07, 6.45) is 4.23. The third kappa shape index (κ3) is 3.11. The lowest BCUT2D eigenvalue weighted by atomic mass is 9.97. The van der Waals surface area contributed by atoms with E-state index < -0.39 is 0 Å². The van der Waals surface area contributed by atoms with Crippen LogP contribution in [0.5, 0.6) is 0 Å². The van der Waals surface area contributed by atoms with E-state index in [9.17, 15) is 0 Å². The highest BCUT2D eigenvalue weighted by molar-refractivity contribution is 5.74. The average molecular weight is 294 g/mol. The predicted octanol–water partition coefficient (Wildman–Crippen LogP) is 5.53. The molecule has 0 atom stereocenters. The average Bonchev–Trinajstić information content (AvgIpc) is 2.44. The molecule has 2 heteroatoms. The van der Waals surface area contributed by atoms with Crippen molar-refractivity contribution in [3.8, 4) is 11.4 Å². The van der Waals surface area contributed by atoms with Gasteiger partial charge in [-0.15, -0.1) is 0 Å². The highest BCUT2D eigenvalue weighted by atomic mass is 14.9. The lowest BCUT2D eigenvalue weighted by Gasteiger charge is -2.15. The van der Waals surface area contributed by atoms with E-state index in [1.165, 1.54) is 22.3 Å². The topological polar surface area (TPSA) is 25.8 Å². The Morgan fingerprint density at radius 2 is 1.68 bits per heavy atom. The molecule has 2 rings (SSSR count). The quantitative estimate of drug-likeness (QED) is 0.743. The minimum atomic E-state index is 0.400. The number of aromatic nitrogens is 2. The van der Waals surface area contributed by atoms with E-state index in [0.717, 1.165) is 22.8 Å². The van der Waals surface area contributed by atoms with E-state index in [0.29, 0.717) is 5.92 Å². The Morgan fingerprint density at radius 1 is 1.00 bits per heavy atom. The zero-order valence-electron chi connectivity index (χ0n) is 14.8. The molecule has 1 aromatic heterocycles. The molecule has 0 aliphatic rings. The molecule has 2 nitrogen and oxygen atoms in total. The van der Waals surface area contributed by atoms with Crippen molar-refractivity contribution >= 4 is 6.08 Å². The highest BCUT2D eigenvalue weighted by Gasteiger charge is 2.15. The third-order valence-corrected chi connectivity index (χ3v) is 4.08. The molecule has 2 aromatic rings. The van der Waals surface area contributed by atoms with Gasteiger partial charge >= 0.3 is 0 Å². The fourth-order valence-electron chi connectivity index (χ4n) is 2.89. The zero-order valence-corrected chi connectivity index (χ0v) is 14.8. The van der Waals surface area contributed by atoms with Crippen LogP contribution in [0.4, 0.5) is 0 Å². The van der Waals surface area contributed by atoms with Gasteiger partial charge in [0.1, 0.15) is 0 Å². The first kappa shape index (κ1) is 16.4. The summed E-state index contributed by atoms with van der Waals surface area (Å²) in [5, 5.41) is 0. The van der Waals surface area contributed by atoms with Crippen molar-refractivity contribution in [2.75, 3.05) is 0 Å². The predicted molar refractivity (Wildman–Crippen MR) is 95.2 cm³/mol. The molecule has 116 valence electrons. The number of aryl methyl sites for hydroxylation is 3. The van der Waals surface area contributed by atoms with Crippen molar-refractivity contribution in [2.45, 2.75) is 54.4 Å². The Hall–Kier alpha value is -1.96. The Kier molecular flexibility index (Phi) is 4.80. The Bertz CT molecular complexity index is 725. The van der Waals surface area contributed by atoms with Crippen LogP contribution in [-0.2, 0) is 0 Å². The molecule has 0 N–H and O–H groups in total. The number of rotatable bonds is 3. The van der Waals surface area contributed by atoms with Crippen molar-refractivity contribution < 1.29 is 0 Å². The van der Waals surface area contributed by atoms with Crippen LogP contribution in [-0.4, -0.2) is 9.97 Å². The van der Waals surface area contributed by atoms with Crippen LogP contribution < -0.4 is 0 Å². The van der Waals surface area contributed by atoms with Gasteiger partial charge in [-0.2, -0.15) is 0 Å². The van der Waals surface area contributed by atoms with E-state index in [1.807, 2.05) is 6.92 Å². The summed E-state index contributed by atoms with van der Waals surface area (Å²) in [4.78, 5) is 9.65. The maximum Gasteiger partial charge on any atom is 0.160 e. The van der Waals surface area contributed by atoms with E-state index in [-0.39, 0.29) is 0 Å². The second-order valence-electron chi connectivity index (χ2n) is 6.34. The van der Waals surface area contributed by atoms with E-state index in [2.05, 4.69) is 65.8 Å². The van der Waals surface area contributed by atoms with Gasteiger partial charge in [-0.25, -0.2) is 9.97 Å². The molecule has 0 saturated carbocycles. The number of hydrogen-bond acceptors (Lipinski definition) is 2. The summed E-state index contributed by atoms with van der Waals surface area (Å²) in [6.45, 7) is 14.9. The molecule has 0 saturated heterocycles. The first-order valence-electron chi connectivity index (χ1n) is 7.94. The number of nitrogens with zero attached hydrogens (tertiary/aromatic N) is 2. The second-order valence-corrected chi connectivity index (χ2v) is 6.34. The molecular formula is C20H26N2. The summed E-state index contributed by atoms with van der Waals surface area (Å²) < 4.78 is 0. The van der Waals surface area contributed by atoms with Gasteiger partial charge in [-0.05, 0) is 63.3 Å². The monoisotopic (exact) mass is 294 g/mol. The maximum atomic E-state index is 4.88. The summed E-state index contributed by atoms with van der Waals surface area (Å²) in [5.41, 5.74) is 8.27. The molecule has 0 fully saturated rings. The SMILES string of the molecule is C/C=C\c1c(C)cc(C)cc1-c1nc(C)c(C)c(C(C)C)n1. The molecule has 0 aliphatic heterocycles. The van der Waals surface area contributed by atoms with Crippen molar-refractivity contribution in [1.29, 1.82) is 0 Å². The number of benzene rings is 1. The van der Waals surface area contributed by atoms with E-state index >= 15 is 0 Å². The largest absolute Gasteiger partial charge is 0.233 e. The fourth-order valence-corrected chi connectivity index (χ4v) is 2.89. The first-order chi connectivity index (χ1) is 10.3. The van der Waals surface area contributed by atoms with Crippen LogP contribution in [0.3, 0.4) is 0 Å². The van der Waals surface area contributed by atoms with Gasteiger partial charge in [0, 0.05) is 11.3 Å². The van der Waals surface area contributed by atoms with Gasteiger partial charge in [0.15, 0.2) is 5.82 Å². The molecule has 0 bridgehead atoms. The van der Waals surface area contributed by atoms with Crippen LogP contribution in [0.15, 0.2) is 18.2 Å². The van der Waals surface area contributed by atoms with Gasteiger partial charge in [0.05, 0.1) is 5.69 Å². The smallest absolute Gasteiger partial charge is 0.160 e. The standard InChI is InChI=1S/C20H26N2/c1-8-9-17-14(5)10-13(4)11-18(17)20-21-16(7)15(6)19(22-20)12(2)3/h8-12H,1-7H3/b9-8-. The molecule has 1 heterocycles. The summed E-state index contributed by atoms with van der Waals surface area (Å²) in [6, 6.07) is 4.40. The lowest BCUT2D eigenvalue weighted by molar-refractivity contribution is 0.797. The summed E-state index contributed by atoms with van der Waals surface area (Å²) >= 11 is 0. The van der Waals surface area contributed by atoms with Crippen LogP contribution in [0, 0.1) is 27.7 Å². The second kappa shape index (κ2) is 6.43. The van der Waals surface area contributed by atoms with Gasteiger partial charge in [-0.3, -0.25) is 0 Å². The molecule has 0 radical (unpaired) electrons. The van der Waals surface area contributed by atoms with Gasteiger partial charge in [0.2, 0.25) is 0 Å². The highest BCUT2D eigenvalue weighted by Crippen LogP contribution is 2.29. The minimum Gasteiger partial charge on any atom is -0.233 e. The molecule has 0 aliphatic carbocycles. The normalized spacial score (nSPS) is 11.6. The first-order valence-corrected chi connectivity index (χ1v) is 7.94. The minimum absolute atomic E-state index is 0.400. The van der Waals surface area contributed by atoms with Crippen molar-refractivity contribution in [3.63, 3.8) is 0 Å².